The van der Waals surface area contributed by atoms with Crippen LogP contribution < -0.4 is 5.73 Å². The van der Waals surface area contributed by atoms with Crippen LogP contribution in [0.3, 0.4) is 0 Å². The first kappa shape index (κ1) is 12.5. The van der Waals surface area contributed by atoms with Crippen LogP contribution in [-0.4, -0.2) is 16.2 Å². The third-order valence-electron chi connectivity index (χ3n) is 1.85. The molecule has 0 aliphatic rings. The van der Waals surface area contributed by atoms with E-state index in [0.29, 0.717) is 10.0 Å². The van der Waals surface area contributed by atoms with Gasteiger partial charge in [-0.15, -0.1) is 0 Å². The molecule has 0 aromatic heterocycles. The van der Waals surface area contributed by atoms with Gasteiger partial charge in [0, 0.05) is 16.1 Å². The molecule has 6 heteroatoms. The Bertz CT molecular complexity index is 395. The maximum Gasteiger partial charge on any atom is 0.305 e. The molecule has 4 N–H and O–H groups in total. The van der Waals surface area contributed by atoms with Crippen molar-refractivity contribution >= 4 is 37.8 Å². The fraction of sp³-hybridized carbons (Fsp3) is 0.222. The van der Waals surface area contributed by atoms with E-state index in [9.17, 15) is 9.90 Å². The number of carbonyl (C=O) groups is 1. The van der Waals surface area contributed by atoms with E-state index in [0.717, 1.165) is 4.47 Å². The number of nitrogens with two attached hydrogens (primary N) is 1. The van der Waals surface area contributed by atoms with Gasteiger partial charge in [-0.25, -0.2) is 0 Å². The summed E-state index contributed by atoms with van der Waals surface area (Å²) in [5.74, 6) is -1.02. The van der Waals surface area contributed by atoms with E-state index in [1.165, 1.54) is 0 Å². The Morgan fingerprint density at radius 2 is 2.07 bits per heavy atom. The highest BCUT2D eigenvalue weighted by molar-refractivity contribution is 9.11. The molecule has 0 saturated heterocycles. The standard InChI is InChI=1S/C9H9Br2NO3/c10-4-1-5(7(12)3-8(13)14)9(15)6(11)2-4/h1-2,7,15H,3,12H2,(H,13,14)/t7-/m1/s1. The van der Waals surface area contributed by atoms with Crippen molar-refractivity contribution in [1.29, 1.82) is 0 Å². The molecule has 0 saturated carbocycles. The molecule has 15 heavy (non-hydrogen) atoms. The molecule has 0 spiro atoms. The van der Waals surface area contributed by atoms with Gasteiger partial charge in [-0.3, -0.25) is 4.79 Å². The van der Waals surface area contributed by atoms with E-state index in [-0.39, 0.29) is 12.2 Å². The molecule has 1 aromatic carbocycles. The third kappa shape index (κ3) is 3.19. The largest absolute Gasteiger partial charge is 0.506 e. The lowest BCUT2D eigenvalue weighted by Gasteiger charge is -2.13. The average molecular weight is 339 g/mol. The number of aliphatic carboxylic acids is 1. The van der Waals surface area contributed by atoms with Gasteiger partial charge < -0.3 is 15.9 Å². The zero-order chi connectivity index (χ0) is 11.6. The Balaban J connectivity index is 3.07. The van der Waals surface area contributed by atoms with Crippen LogP contribution in [0.1, 0.15) is 18.0 Å². The second-order valence-electron chi connectivity index (χ2n) is 3.03. The van der Waals surface area contributed by atoms with E-state index >= 15 is 0 Å². The fourth-order valence-electron chi connectivity index (χ4n) is 1.17. The van der Waals surface area contributed by atoms with Crippen LogP contribution in [0.2, 0.25) is 0 Å². The van der Waals surface area contributed by atoms with Crippen LogP contribution in [0.15, 0.2) is 21.1 Å². The summed E-state index contributed by atoms with van der Waals surface area (Å²) in [6, 6.07) is 2.54. The Morgan fingerprint density at radius 1 is 1.47 bits per heavy atom. The Kier molecular flexibility index (Phi) is 4.12. The summed E-state index contributed by atoms with van der Waals surface area (Å²) in [4.78, 5) is 10.5. The van der Waals surface area contributed by atoms with Crippen molar-refractivity contribution in [3.8, 4) is 5.75 Å². The van der Waals surface area contributed by atoms with Gasteiger partial charge in [0.25, 0.3) is 0 Å². The molecule has 0 bridgehead atoms. The highest BCUT2D eigenvalue weighted by Gasteiger charge is 2.16. The highest BCUT2D eigenvalue weighted by atomic mass is 79.9. The highest BCUT2D eigenvalue weighted by Crippen LogP contribution is 2.35. The van der Waals surface area contributed by atoms with Crippen molar-refractivity contribution in [2.24, 2.45) is 5.73 Å². The molecular formula is C9H9Br2NO3. The SMILES string of the molecule is N[C@H](CC(=O)O)c1cc(Br)cc(Br)c1O. The van der Waals surface area contributed by atoms with Crippen LogP contribution in [0, 0.1) is 0 Å². The summed E-state index contributed by atoms with van der Waals surface area (Å²) >= 11 is 6.39. The quantitative estimate of drug-likeness (QED) is 0.790. The normalized spacial score (nSPS) is 12.5. The fourth-order valence-corrected chi connectivity index (χ4v) is 2.42. The molecule has 1 atom stereocenters. The minimum Gasteiger partial charge on any atom is -0.506 e. The predicted molar refractivity (Wildman–Crippen MR) is 62.7 cm³/mol. The maximum atomic E-state index is 10.5. The zero-order valence-corrected chi connectivity index (χ0v) is 10.7. The molecule has 0 heterocycles. The number of hydrogen-bond acceptors (Lipinski definition) is 3. The monoisotopic (exact) mass is 337 g/mol. The van der Waals surface area contributed by atoms with Gasteiger partial charge in [-0.2, -0.15) is 0 Å². The molecule has 1 aromatic rings. The van der Waals surface area contributed by atoms with Crippen LogP contribution >= 0.6 is 31.9 Å². The second kappa shape index (κ2) is 4.96. The molecule has 0 amide bonds. The lowest BCUT2D eigenvalue weighted by molar-refractivity contribution is -0.137. The van der Waals surface area contributed by atoms with Gasteiger partial charge in [0.05, 0.1) is 10.9 Å². The van der Waals surface area contributed by atoms with E-state index in [1.54, 1.807) is 12.1 Å². The van der Waals surface area contributed by atoms with Crippen LogP contribution in [0.5, 0.6) is 5.75 Å². The van der Waals surface area contributed by atoms with Crippen LogP contribution in [0.4, 0.5) is 0 Å². The topological polar surface area (TPSA) is 83.6 Å². The molecule has 0 fully saturated rings. The average Bonchev–Trinajstić information content (AvgIpc) is 2.09. The van der Waals surface area contributed by atoms with Gasteiger partial charge in [0.2, 0.25) is 0 Å². The number of benzene rings is 1. The second-order valence-corrected chi connectivity index (χ2v) is 4.80. The number of rotatable bonds is 3. The number of aromatic hydroxyl groups is 1. The van der Waals surface area contributed by atoms with Gasteiger partial charge in [0.1, 0.15) is 5.75 Å². The van der Waals surface area contributed by atoms with Crippen molar-refractivity contribution in [2.45, 2.75) is 12.5 Å². The summed E-state index contributed by atoms with van der Waals surface area (Å²) in [5.41, 5.74) is 6.05. The van der Waals surface area contributed by atoms with Gasteiger partial charge in [0.15, 0.2) is 0 Å². The maximum absolute atomic E-state index is 10.5. The summed E-state index contributed by atoms with van der Waals surface area (Å²) in [5, 5.41) is 18.3. The van der Waals surface area contributed by atoms with Gasteiger partial charge in [-0.05, 0) is 28.1 Å². The Labute approximate surface area is 103 Å². The lowest BCUT2D eigenvalue weighted by atomic mass is 10.0. The first-order valence-electron chi connectivity index (χ1n) is 4.07. The summed E-state index contributed by atoms with van der Waals surface area (Å²) in [7, 11) is 0. The molecule has 82 valence electrons. The van der Waals surface area contributed by atoms with Gasteiger partial charge in [-0.1, -0.05) is 15.9 Å². The Morgan fingerprint density at radius 3 is 2.60 bits per heavy atom. The minimum absolute atomic E-state index is 0.0213. The molecular weight excluding hydrogens is 330 g/mol. The Hall–Kier alpha value is -0.590. The molecule has 0 unspecified atom stereocenters. The predicted octanol–water partition coefficient (Wildman–Crippen LogP) is 2.39. The van der Waals surface area contributed by atoms with E-state index in [1.807, 2.05) is 0 Å². The number of hydrogen-bond donors (Lipinski definition) is 3. The third-order valence-corrected chi connectivity index (χ3v) is 2.91. The van der Waals surface area contributed by atoms with Crippen molar-refractivity contribution in [3.05, 3.63) is 26.6 Å². The van der Waals surface area contributed by atoms with Crippen molar-refractivity contribution < 1.29 is 15.0 Å². The molecule has 0 aliphatic heterocycles. The molecule has 4 nitrogen and oxygen atoms in total. The molecule has 1 rings (SSSR count). The lowest BCUT2D eigenvalue weighted by Crippen LogP contribution is -2.15. The van der Waals surface area contributed by atoms with Crippen molar-refractivity contribution in [3.63, 3.8) is 0 Å². The number of phenols is 1. The number of carboxylic acids is 1. The minimum atomic E-state index is -1.00. The van der Waals surface area contributed by atoms with Gasteiger partial charge >= 0.3 is 5.97 Å². The number of halogens is 2. The molecule has 0 radical (unpaired) electrons. The zero-order valence-electron chi connectivity index (χ0n) is 7.58. The van der Waals surface area contributed by atoms with Crippen LogP contribution in [0.25, 0.3) is 0 Å². The van der Waals surface area contributed by atoms with Crippen molar-refractivity contribution in [2.75, 3.05) is 0 Å². The number of carboxylic acid groups (broad SMARTS) is 1. The summed E-state index contributed by atoms with van der Waals surface area (Å²) in [6.07, 6.45) is -0.226. The molecule has 0 aliphatic carbocycles. The van der Waals surface area contributed by atoms with E-state index < -0.39 is 12.0 Å². The van der Waals surface area contributed by atoms with Crippen LogP contribution in [-0.2, 0) is 4.79 Å². The summed E-state index contributed by atoms with van der Waals surface area (Å²) < 4.78 is 1.20. The first-order valence-corrected chi connectivity index (χ1v) is 5.65. The van der Waals surface area contributed by atoms with Crippen molar-refractivity contribution in [1.82, 2.24) is 0 Å². The van der Waals surface area contributed by atoms with E-state index in [2.05, 4.69) is 31.9 Å². The smallest absolute Gasteiger partial charge is 0.305 e. The number of phenolic OH excluding ortho intramolecular Hbond substituents is 1. The summed E-state index contributed by atoms with van der Waals surface area (Å²) in [6.45, 7) is 0. The first-order chi connectivity index (χ1) is 6.91. The van der Waals surface area contributed by atoms with E-state index in [4.69, 9.17) is 10.8 Å².